The zero-order valence-electron chi connectivity index (χ0n) is 49.5. The van der Waals surface area contributed by atoms with E-state index in [0.717, 1.165) is 33.2 Å². The van der Waals surface area contributed by atoms with Crippen molar-refractivity contribution in [3.63, 3.8) is 0 Å². The minimum Gasteiger partial charge on any atom is -0.496 e. The first kappa shape index (κ1) is 57.8. The SMILES string of the molecule is CCC1=C[C@@H]2C[C@](C(=O)OC)(c3cc4c(cc3OC)N(C)[C@H]3[C@@](O)(C(=O)OC)[C@H](OC(C)=O)[C@]5(CC)C=CCN6CC[C@]43[C@@H]65)c3[nH]c4ccccc4c3C[N+](CC(=O)N3CCC[C@H]3C(=O)N[C@H](C(=O)OCc3ccccc3)[C@@H](C)CC)(C1)C2. The Balaban J connectivity index is 1.02. The van der Waals surface area contributed by atoms with Gasteiger partial charge in [0, 0.05) is 89.3 Å². The number of rotatable bonds is 16. The van der Waals surface area contributed by atoms with Crippen LogP contribution in [0.5, 0.6) is 5.75 Å². The monoisotopic (exact) mass is 1140 g/mol. The maximum Gasteiger partial charge on any atom is 0.344 e. The van der Waals surface area contributed by atoms with Crippen molar-refractivity contribution in [3.05, 3.63) is 118 Å². The fourth-order valence-electron chi connectivity index (χ4n) is 16.9. The van der Waals surface area contributed by atoms with E-state index in [2.05, 4.69) is 34.3 Å². The van der Waals surface area contributed by atoms with Gasteiger partial charge in [-0.2, -0.15) is 0 Å². The normalized spacial score (nSPS) is 31.0. The number of ether oxygens (including phenoxy) is 5. The number of aromatic amines is 1. The van der Waals surface area contributed by atoms with Crippen molar-refractivity contribution >= 4 is 52.3 Å². The highest BCUT2D eigenvalue weighted by molar-refractivity contribution is 5.95. The lowest BCUT2D eigenvalue weighted by molar-refractivity contribution is -0.934. The van der Waals surface area contributed by atoms with Gasteiger partial charge in [0.15, 0.2) is 12.6 Å². The number of hydrogen-bond donors (Lipinski definition) is 3. The Hall–Kier alpha value is -7.02. The van der Waals surface area contributed by atoms with Gasteiger partial charge in [-0.15, -0.1) is 0 Å². The van der Waals surface area contributed by atoms with Crippen LogP contribution < -0.4 is 15.0 Å². The summed E-state index contributed by atoms with van der Waals surface area (Å²) >= 11 is 0. The first-order valence-electron chi connectivity index (χ1n) is 29.7. The lowest BCUT2D eigenvalue weighted by atomic mass is 9.47. The molecule has 1 unspecified atom stereocenters. The van der Waals surface area contributed by atoms with Crippen LogP contribution in [0, 0.1) is 17.3 Å². The molecule has 11 rings (SSSR count). The molecule has 3 fully saturated rings. The molecule has 2 amide bonds. The van der Waals surface area contributed by atoms with E-state index >= 15 is 9.59 Å². The van der Waals surface area contributed by atoms with Crippen LogP contribution in [0.1, 0.15) is 108 Å². The number of nitrogens with one attached hydrogen (secondary N) is 2. The number of quaternary nitrogens is 1. The van der Waals surface area contributed by atoms with Crippen molar-refractivity contribution in [1.82, 2.24) is 20.1 Å². The molecule has 3 aromatic carbocycles. The van der Waals surface area contributed by atoms with Crippen molar-refractivity contribution in [3.8, 4) is 5.75 Å². The summed E-state index contributed by atoms with van der Waals surface area (Å²) in [5.41, 5.74) is 0.317. The van der Waals surface area contributed by atoms with Crippen LogP contribution in [-0.4, -0.2) is 164 Å². The first-order chi connectivity index (χ1) is 39.8. The Morgan fingerprint density at radius 2 is 1.66 bits per heavy atom. The number of methoxy groups -OCH3 is 3. The first-order valence-corrected chi connectivity index (χ1v) is 29.7. The number of fused-ring (bicyclic) bond motifs is 6. The second kappa shape index (κ2) is 21.9. The van der Waals surface area contributed by atoms with Crippen LogP contribution in [0.4, 0.5) is 5.69 Å². The van der Waals surface area contributed by atoms with Gasteiger partial charge < -0.3 is 53.4 Å². The molecule has 1 aliphatic carbocycles. The number of aromatic nitrogens is 1. The Labute approximate surface area is 486 Å². The summed E-state index contributed by atoms with van der Waals surface area (Å²) in [6.07, 6.45) is 8.56. The van der Waals surface area contributed by atoms with Crippen LogP contribution in [0.2, 0.25) is 0 Å². The molecule has 1 spiro atoms. The van der Waals surface area contributed by atoms with Crippen LogP contribution in [0.15, 0.2) is 90.5 Å². The van der Waals surface area contributed by atoms with Crippen molar-refractivity contribution < 1.29 is 62.0 Å². The van der Waals surface area contributed by atoms with Crippen molar-refractivity contribution in [2.45, 2.75) is 139 Å². The predicted molar refractivity (Wildman–Crippen MR) is 310 cm³/mol. The average Bonchev–Trinajstić information content (AvgIpc) is 1.57. The Kier molecular flexibility index (Phi) is 15.2. The number of likely N-dealkylation sites (tertiary alicyclic amines) is 1. The number of carbonyl (C=O) groups excluding carboxylic acids is 6. The highest BCUT2D eigenvalue weighted by Gasteiger charge is 2.80. The van der Waals surface area contributed by atoms with Crippen LogP contribution in [0.25, 0.3) is 10.9 Å². The van der Waals surface area contributed by atoms with Gasteiger partial charge in [-0.1, -0.05) is 101 Å². The Morgan fingerprint density at radius 3 is 2.36 bits per heavy atom. The number of nitrogens with zero attached hydrogens (tertiary/aromatic N) is 4. The summed E-state index contributed by atoms with van der Waals surface area (Å²) in [5.74, 6) is -3.24. The van der Waals surface area contributed by atoms with E-state index in [-0.39, 0.29) is 49.3 Å². The van der Waals surface area contributed by atoms with E-state index < -0.39 is 70.0 Å². The largest absolute Gasteiger partial charge is 0.496 e. The molecule has 83 heavy (non-hydrogen) atoms. The molecular weight excluding hydrogens is 1060 g/mol. The van der Waals surface area contributed by atoms with Gasteiger partial charge in [0.05, 0.1) is 33.9 Å². The van der Waals surface area contributed by atoms with E-state index in [4.69, 9.17) is 23.7 Å². The predicted octanol–water partition coefficient (Wildman–Crippen LogP) is 6.53. The molecule has 442 valence electrons. The topological polar surface area (TPSA) is 206 Å². The zero-order chi connectivity index (χ0) is 59.0. The lowest BCUT2D eigenvalue weighted by Gasteiger charge is -2.63. The third-order valence-corrected chi connectivity index (χ3v) is 20.4. The Morgan fingerprint density at radius 1 is 0.916 bits per heavy atom. The number of benzene rings is 3. The maximum absolute atomic E-state index is 15.9. The summed E-state index contributed by atoms with van der Waals surface area (Å²) in [4.78, 5) is 97.1. The van der Waals surface area contributed by atoms with Crippen molar-refractivity contribution in [1.29, 1.82) is 0 Å². The molecule has 18 nitrogen and oxygen atoms in total. The van der Waals surface area contributed by atoms with Crippen LogP contribution in [-0.2, 0) is 71.7 Å². The number of amides is 2. The number of para-hydroxylation sites is 1. The quantitative estimate of drug-likeness (QED) is 0.0472. The number of hydrogen-bond acceptors (Lipinski definition) is 14. The van der Waals surface area contributed by atoms with E-state index in [0.29, 0.717) is 105 Å². The number of H-pyrrole nitrogens is 1. The van der Waals surface area contributed by atoms with Gasteiger partial charge in [-0.3, -0.25) is 24.1 Å². The molecule has 7 aliphatic rings. The molecule has 1 saturated carbocycles. The van der Waals surface area contributed by atoms with Crippen molar-refractivity contribution in [2.75, 3.05) is 72.5 Å². The molecule has 3 N–H and O–H groups in total. The molecule has 0 radical (unpaired) electrons. The summed E-state index contributed by atoms with van der Waals surface area (Å²) in [6.45, 7) is 12.4. The molecule has 2 saturated heterocycles. The van der Waals surface area contributed by atoms with Gasteiger partial charge in [-0.25, -0.2) is 9.59 Å². The van der Waals surface area contributed by atoms with Gasteiger partial charge in [0.2, 0.25) is 11.5 Å². The highest BCUT2D eigenvalue weighted by Crippen LogP contribution is 2.68. The maximum atomic E-state index is 15.9. The molecular formula is C65H81N6O12+. The number of esters is 4. The van der Waals surface area contributed by atoms with Crippen LogP contribution >= 0.6 is 0 Å². The van der Waals surface area contributed by atoms with Gasteiger partial charge >= 0.3 is 23.9 Å². The number of aliphatic hydroxyl groups is 1. The summed E-state index contributed by atoms with van der Waals surface area (Å²) in [7, 11) is 6.08. The lowest BCUT2D eigenvalue weighted by Crippen LogP contribution is -2.81. The van der Waals surface area contributed by atoms with E-state index in [1.165, 1.54) is 21.1 Å². The minimum absolute atomic E-state index is 0.0747. The molecule has 7 heterocycles. The van der Waals surface area contributed by atoms with E-state index in [1.807, 2.05) is 106 Å². The molecule has 6 aliphatic heterocycles. The molecule has 12 atom stereocenters. The van der Waals surface area contributed by atoms with Crippen molar-refractivity contribution in [2.24, 2.45) is 17.3 Å². The van der Waals surface area contributed by atoms with E-state index in [1.54, 1.807) is 12.0 Å². The fraction of sp³-hybridized carbons (Fsp3) is 0.538. The van der Waals surface area contributed by atoms with Gasteiger partial charge in [-0.05, 0) is 79.8 Å². The minimum atomic E-state index is -2.37. The summed E-state index contributed by atoms with van der Waals surface area (Å²) < 4.78 is 30.4. The average molecular weight is 1140 g/mol. The van der Waals surface area contributed by atoms with Gasteiger partial charge in [0.1, 0.15) is 42.9 Å². The standard InChI is InChI=1S/C65H80N6O12/c1-10-39(4)53(56(75)82-38-42-20-14-13-15-21-42)67-55(74)49-24-18-28-70(49)52(73)37-71-34-41(11-2)30-43(35-71)33-64(60(76)80-8,54-45(36-71)44-22-16-17-23-48(44)66-54)47-31-46-50(32-51(47)79-7)68(6)58-63(46)26-29-69-27-19-25-62(12-3,57(63)69)59(83-40(5)72)65(58,78)61(77)81-9/h13-17,19-23,25,30-32,39,43,49,53,57-59,66,78H,10-12,18,24,26-29,33-38H2,1-9H3/p+1/t39-,43+,49-,53-,57-,58+,59+,62+,63+,64-,65-,71?/m0/s1. The smallest absolute Gasteiger partial charge is 0.344 e. The molecule has 4 aromatic rings. The Bertz CT molecular complexity index is 3310. The number of likely N-dealkylation sites (N-methyl/N-ethyl adjacent to an activating group) is 1. The van der Waals surface area contributed by atoms with Gasteiger partial charge in [0.25, 0.3) is 5.91 Å². The number of carbonyl (C=O) groups is 6. The second-order valence-electron chi connectivity index (χ2n) is 24.7. The zero-order valence-corrected chi connectivity index (χ0v) is 49.5. The fourth-order valence-corrected chi connectivity index (χ4v) is 16.9. The van der Waals surface area contributed by atoms with E-state index in [9.17, 15) is 24.3 Å². The highest BCUT2D eigenvalue weighted by atomic mass is 16.6. The molecule has 2 bridgehead atoms. The molecule has 1 aromatic heterocycles. The third-order valence-electron chi connectivity index (χ3n) is 20.4. The third kappa shape index (κ3) is 8.89. The van der Waals surface area contributed by atoms with Crippen LogP contribution in [0.3, 0.4) is 0 Å². The summed E-state index contributed by atoms with van der Waals surface area (Å²) in [5, 5.41) is 17.5. The second-order valence-corrected chi connectivity index (χ2v) is 24.7. The summed E-state index contributed by atoms with van der Waals surface area (Å²) in [6, 6.07) is 18.3. The number of anilines is 1. The molecule has 18 heteroatoms.